The van der Waals surface area contributed by atoms with E-state index in [4.69, 9.17) is 9.47 Å². The number of nitrogens with one attached hydrogen (secondary N) is 1. The Balaban J connectivity index is 2.21. The maximum Gasteiger partial charge on any atom is 0.255 e. The van der Waals surface area contributed by atoms with E-state index in [1.807, 2.05) is 6.07 Å². The lowest BCUT2D eigenvalue weighted by molar-refractivity contribution is 0.0826. The highest BCUT2D eigenvalue weighted by Crippen LogP contribution is 2.38. The van der Waals surface area contributed by atoms with Gasteiger partial charge in [-0.15, -0.1) is 0 Å². The second-order valence-corrected chi connectivity index (χ2v) is 7.38. The molecule has 23 heavy (non-hydrogen) atoms. The molecule has 0 aromatic heterocycles. The third-order valence-electron chi connectivity index (χ3n) is 4.84. The zero-order chi connectivity index (χ0) is 17.0. The largest absolute Gasteiger partial charge is 0.493 e. The summed E-state index contributed by atoms with van der Waals surface area (Å²) in [7, 11) is 3.14. The van der Waals surface area contributed by atoms with Crippen LogP contribution in [0.25, 0.3) is 0 Å². The Hall–Kier alpha value is -1.71. The van der Waals surface area contributed by atoms with Gasteiger partial charge in [0.05, 0.1) is 19.8 Å². The normalized spacial score (nSPS) is 21.6. The molecule has 1 fully saturated rings. The van der Waals surface area contributed by atoms with E-state index in [1.54, 1.807) is 26.4 Å². The van der Waals surface area contributed by atoms with E-state index in [0.717, 1.165) is 6.42 Å². The summed E-state index contributed by atoms with van der Waals surface area (Å²) in [5.41, 5.74) is 0.724. The van der Waals surface area contributed by atoms with Crippen LogP contribution in [0.1, 0.15) is 56.8 Å². The SMILES string of the molecule is COc1cccc(C(=O)NC2CCCCC2C(C)(C)C)c1OC. The molecule has 0 spiro atoms. The standard InChI is InChI=1S/C19H29NO3/c1-19(2,3)14-10-6-7-11-15(14)20-18(21)13-9-8-12-16(22-4)17(13)23-5/h8-9,12,14-15H,6-7,10-11H2,1-5H3,(H,20,21). The van der Waals surface area contributed by atoms with Crippen molar-refractivity contribution in [1.29, 1.82) is 0 Å². The number of carbonyl (C=O) groups is 1. The second kappa shape index (κ2) is 7.24. The number of amides is 1. The summed E-state index contributed by atoms with van der Waals surface area (Å²) in [6.45, 7) is 6.77. The van der Waals surface area contributed by atoms with E-state index in [1.165, 1.54) is 19.3 Å². The number of benzene rings is 1. The quantitative estimate of drug-likeness (QED) is 0.911. The number of ether oxygens (including phenoxy) is 2. The van der Waals surface area contributed by atoms with Crippen molar-refractivity contribution < 1.29 is 14.3 Å². The van der Waals surface area contributed by atoms with Crippen molar-refractivity contribution in [2.75, 3.05) is 14.2 Å². The molecule has 1 aliphatic rings. The van der Waals surface area contributed by atoms with Crippen molar-refractivity contribution in [3.8, 4) is 11.5 Å². The lowest BCUT2D eigenvalue weighted by atomic mass is 9.69. The predicted molar refractivity (Wildman–Crippen MR) is 92.2 cm³/mol. The number of carbonyl (C=O) groups excluding carboxylic acids is 1. The van der Waals surface area contributed by atoms with Crippen molar-refractivity contribution in [1.82, 2.24) is 5.32 Å². The Morgan fingerprint density at radius 1 is 1.13 bits per heavy atom. The molecular formula is C19H29NO3. The van der Waals surface area contributed by atoms with Gasteiger partial charge < -0.3 is 14.8 Å². The van der Waals surface area contributed by atoms with E-state index in [-0.39, 0.29) is 17.4 Å². The Morgan fingerprint density at radius 2 is 1.83 bits per heavy atom. The lowest BCUT2D eigenvalue weighted by Gasteiger charge is -2.40. The molecule has 1 amide bonds. The Morgan fingerprint density at radius 3 is 2.43 bits per heavy atom. The first-order valence-corrected chi connectivity index (χ1v) is 8.40. The highest BCUT2D eigenvalue weighted by Gasteiger charge is 2.35. The van der Waals surface area contributed by atoms with Gasteiger partial charge in [0.2, 0.25) is 0 Å². The number of hydrogen-bond acceptors (Lipinski definition) is 3. The van der Waals surface area contributed by atoms with Crippen LogP contribution in [-0.4, -0.2) is 26.2 Å². The molecular weight excluding hydrogens is 290 g/mol. The van der Waals surface area contributed by atoms with Crippen molar-refractivity contribution in [3.63, 3.8) is 0 Å². The van der Waals surface area contributed by atoms with Gasteiger partial charge in [-0.3, -0.25) is 4.79 Å². The van der Waals surface area contributed by atoms with E-state index in [9.17, 15) is 4.79 Å². The molecule has 2 unspecified atom stereocenters. The van der Waals surface area contributed by atoms with Gasteiger partial charge in [0.1, 0.15) is 0 Å². The monoisotopic (exact) mass is 319 g/mol. The van der Waals surface area contributed by atoms with Crippen LogP contribution in [0.5, 0.6) is 11.5 Å². The minimum Gasteiger partial charge on any atom is -0.493 e. The van der Waals surface area contributed by atoms with Crippen LogP contribution in [0.4, 0.5) is 0 Å². The van der Waals surface area contributed by atoms with Gasteiger partial charge in [0, 0.05) is 6.04 Å². The van der Waals surface area contributed by atoms with Crippen LogP contribution in [0.15, 0.2) is 18.2 Å². The number of para-hydroxylation sites is 1. The minimum atomic E-state index is -0.0816. The van der Waals surface area contributed by atoms with E-state index >= 15 is 0 Å². The average Bonchev–Trinajstić information content (AvgIpc) is 2.53. The maximum absolute atomic E-state index is 12.8. The van der Waals surface area contributed by atoms with Crippen LogP contribution in [0, 0.1) is 11.3 Å². The molecule has 1 aromatic carbocycles. The fourth-order valence-corrected chi connectivity index (χ4v) is 3.65. The molecule has 2 rings (SSSR count). The number of rotatable bonds is 4. The molecule has 0 saturated heterocycles. The summed E-state index contributed by atoms with van der Waals surface area (Å²) < 4.78 is 10.7. The van der Waals surface area contributed by atoms with Crippen LogP contribution in [0.3, 0.4) is 0 Å². The fraction of sp³-hybridized carbons (Fsp3) is 0.632. The summed E-state index contributed by atoms with van der Waals surface area (Å²) >= 11 is 0. The predicted octanol–water partition coefficient (Wildman–Crippen LogP) is 4.04. The molecule has 1 aromatic rings. The van der Waals surface area contributed by atoms with Gasteiger partial charge in [-0.25, -0.2) is 0 Å². The third kappa shape index (κ3) is 3.98. The van der Waals surface area contributed by atoms with Gasteiger partial charge >= 0.3 is 0 Å². The average molecular weight is 319 g/mol. The number of methoxy groups -OCH3 is 2. The summed E-state index contributed by atoms with van der Waals surface area (Å²) in [5.74, 6) is 1.49. The molecule has 0 heterocycles. The van der Waals surface area contributed by atoms with Crippen LogP contribution < -0.4 is 14.8 Å². The fourth-order valence-electron chi connectivity index (χ4n) is 3.65. The van der Waals surface area contributed by atoms with Crippen LogP contribution >= 0.6 is 0 Å². The van der Waals surface area contributed by atoms with E-state index < -0.39 is 0 Å². The molecule has 1 aliphatic carbocycles. The van der Waals surface area contributed by atoms with Crippen LogP contribution in [0.2, 0.25) is 0 Å². The van der Waals surface area contributed by atoms with Crippen molar-refractivity contribution in [3.05, 3.63) is 23.8 Å². The molecule has 4 nitrogen and oxygen atoms in total. The van der Waals surface area contributed by atoms with Gasteiger partial charge in [-0.2, -0.15) is 0 Å². The first-order chi connectivity index (χ1) is 10.9. The molecule has 0 bridgehead atoms. The highest BCUT2D eigenvalue weighted by molar-refractivity contribution is 5.98. The second-order valence-electron chi connectivity index (χ2n) is 7.38. The Labute approximate surface area is 139 Å². The molecule has 4 heteroatoms. The molecule has 1 saturated carbocycles. The molecule has 0 aliphatic heterocycles. The molecule has 0 radical (unpaired) electrons. The molecule has 128 valence electrons. The first kappa shape index (κ1) is 17.6. The minimum absolute atomic E-state index is 0.0816. The topological polar surface area (TPSA) is 47.6 Å². The molecule has 2 atom stereocenters. The molecule has 1 N–H and O–H groups in total. The summed E-state index contributed by atoms with van der Waals surface area (Å²) in [4.78, 5) is 12.8. The zero-order valence-corrected chi connectivity index (χ0v) is 14.9. The van der Waals surface area contributed by atoms with Crippen molar-refractivity contribution in [2.45, 2.75) is 52.5 Å². The summed E-state index contributed by atoms with van der Waals surface area (Å²) in [6.07, 6.45) is 4.63. The smallest absolute Gasteiger partial charge is 0.255 e. The van der Waals surface area contributed by atoms with Crippen molar-refractivity contribution in [2.24, 2.45) is 11.3 Å². The summed E-state index contributed by atoms with van der Waals surface area (Å²) in [6, 6.07) is 5.62. The van der Waals surface area contributed by atoms with E-state index in [0.29, 0.717) is 23.0 Å². The zero-order valence-electron chi connectivity index (χ0n) is 14.9. The van der Waals surface area contributed by atoms with Gasteiger partial charge in [-0.05, 0) is 36.3 Å². The lowest BCUT2D eigenvalue weighted by Crippen LogP contribution is -2.46. The van der Waals surface area contributed by atoms with E-state index in [2.05, 4.69) is 26.1 Å². The van der Waals surface area contributed by atoms with Crippen LogP contribution in [-0.2, 0) is 0 Å². The van der Waals surface area contributed by atoms with Gasteiger partial charge in [-0.1, -0.05) is 39.7 Å². The Bertz CT molecular complexity index is 548. The highest BCUT2D eigenvalue weighted by atomic mass is 16.5. The number of hydrogen-bond donors (Lipinski definition) is 1. The van der Waals surface area contributed by atoms with Gasteiger partial charge in [0.25, 0.3) is 5.91 Å². The Kier molecular flexibility index (Phi) is 5.55. The third-order valence-corrected chi connectivity index (χ3v) is 4.84. The maximum atomic E-state index is 12.8. The van der Waals surface area contributed by atoms with Gasteiger partial charge in [0.15, 0.2) is 11.5 Å². The first-order valence-electron chi connectivity index (χ1n) is 8.40. The summed E-state index contributed by atoms with van der Waals surface area (Å²) in [5, 5.41) is 3.24. The van der Waals surface area contributed by atoms with Crippen molar-refractivity contribution >= 4 is 5.91 Å².